The summed E-state index contributed by atoms with van der Waals surface area (Å²) < 4.78 is 15.6. The molecule has 0 fully saturated rings. The minimum Gasteiger partial charge on any atom is -0.465 e. The van der Waals surface area contributed by atoms with Crippen LogP contribution in [0.1, 0.15) is 32.0 Å². The second-order valence-corrected chi connectivity index (χ2v) is 7.23. The maximum Gasteiger partial charge on any atom is 0.348 e. The average molecular weight is 446 g/mol. The lowest BCUT2D eigenvalue weighted by atomic mass is 10.1. The zero-order valence-electron chi connectivity index (χ0n) is 16.6. The number of thiophene rings is 1. The lowest BCUT2D eigenvalue weighted by Crippen LogP contribution is -2.25. The Labute approximate surface area is 179 Å². The normalized spacial score (nSPS) is 10.6. The van der Waals surface area contributed by atoms with E-state index in [1.54, 1.807) is 24.3 Å². The van der Waals surface area contributed by atoms with Crippen molar-refractivity contribution in [3.8, 4) is 0 Å². The van der Waals surface area contributed by atoms with Crippen LogP contribution in [0.4, 0.5) is 5.00 Å². The van der Waals surface area contributed by atoms with Gasteiger partial charge >= 0.3 is 17.9 Å². The van der Waals surface area contributed by atoms with Gasteiger partial charge in [-0.05, 0) is 12.1 Å². The molecule has 0 unspecified atom stereocenters. The molecule has 12 heteroatoms. The van der Waals surface area contributed by atoms with Crippen LogP contribution in [-0.2, 0) is 32.2 Å². The number of nitrogens with zero attached hydrogens (tertiary/aromatic N) is 3. The van der Waals surface area contributed by atoms with Crippen molar-refractivity contribution in [3.63, 3.8) is 0 Å². The maximum atomic E-state index is 12.4. The number of methoxy groups -OCH3 is 2. The van der Waals surface area contributed by atoms with Gasteiger partial charge in [0.05, 0.1) is 32.6 Å². The number of esters is 3. The number of fused-ring (bicyclic) bond motifs is 1. The summed E-state index contributed by atoms with van der Waals surface area (Å²) in [4.78, 5) is 48.7. The van der Waals surface area contributed by atoms with Gasteiger partial charge in [0.25, 0.3) is 5.56 Å². The Morgan fingerprint density at radius 2 is 1.84 bits per heavy atom. The molecule has 11 nitrogen and oxygen atoms in total. The van der Waals surface area contributed by atoms with Crippen LogP contribution in [0.25, 0.3) is 10.9 Å². The molecular weight excluding hydrogens is 428 g/mol. The maximum absolute atomic E-state index is 12.4. The van der Waals surface area contributed by atoms with E-state index >= 15 is 0 Å². The fraction of sp³-hybridized carbons (Fsp3) is 0.263. The van der Waals surface area contributed by atoms with E-state index in [1.807, 2.05) is 0 Å². The molecule has 3 rings (SSSR count). The molecule has 2 N–H and O–H groups in total. The van der Waals surface area contributed by atoms with Crippen LogP contribution >= 0.6 is 11.3 Å². The highest BCUT2D eigenvalue weighted by Crippen LogP contribution is 2.33. The first-order valence-corrected chi connectivity index (χ1v) is 9.75. The van der Waals surface area contributed by atoms with Crippen molar-refractivity contribution in [2.24, 2.45) is 0 Å². The molecule has 0 saturated heterocycles. The van der Waals surface area contributed by atoms with Gasteiger partial charge in [-0.2, -0.15) is 0 Å². The first-order chi connectivity index (χ1) is 14.9. The van der Waals surface area contributed by atoms with Gasteiger partial charge in [-0.3, -0.25) is 9.59 Å². The predicted octanol–water partition coefficient (Wildman–Crippen LogP) is 1.14. The molecule has 0 radical (unpaired) electrons. The number of ether oxygens (including phenoxy) is 3. The van der Waals surface area contributed by atoms with Crippen molar-refractivity contribution < 1.29 is 28.6 Å². The van der Waals surface area contributed by atoms with Gasteiger partial charge in [0.2, 0.25) is 0 Å². The summed E-state index contributed by atoms with van der Waals surface area (Å²) >= 11 is 0.830. The summed E-state index contributed by atoms with van der Waals surface area (Å²) in [7, 11) is 2.34. The number of nitrogen functional groups attached to an aromatic ring is 1. The Bertz CT molecular complexity index is 1220. The lowest BCUT2D eigenvalue weighted by Gasteiger charge is -2.08. The fourth-order valence-corrected chi connectivity index (χ4v) is 3.78. The predicted molar refractivity (Wildman–Crippen MR) is 110 cm³/mol. The number of aryl methyl sites for hydroxylation is 1. The molecule has 0 spiro atoms. The molecule has 31 heavy (non-hydrogen) atoms. The number of aromatic nitrogens is 3. The Kier molecular flexibility index (Phi) is 6.60. The van der Waals surface area contributed by atoms with Gasteiger partial charge in [-0.1, -0.05) is 17.3 Å². The average Bonchev–Trinajstić information content (AvgIpc) is 3.12. The standard InChI is InChI=1S/C19H18N4O7S/c1-28-18(26)14-11(15(19(27)29-2)31-16(14)20)9-30-13(24)7-8-23-17(25)10-5-3-4-6-12(10)21-22-23/h3-6H,7-9,20H2,1-2H3. The molecule has 0 amide bonds. The molecule has 162 valence electrons. The number of nitrogens with two attached hydrogens (primary N) is 1. The molecule has 2 aromatic heterocycles. The summed E-state index contributed by atoms with van der Waals surface area (Å²) in [5.74, 6) is -2.18. The van der Waals surface area contributed by atoms with Crippen LogP contribution in [0, 0.1) is 0 Å². The van der Waals surface area contributed by atoms with Crippen molar-refractivity contribution in [3.05, 3.63) is 50.6 Å². The van der Waals surface area contributed by atoms with E-state index in [-0.39, 0.29) is 39.5 Å². The minimum absolute atomic E-state index is 0.0322. The summed E-state index contributed by atoms with van der Waals surface area (Å²) in [6, 6.07) is 6.71. The van der Waals surface area contributed by atoms with Crippen molar-refractivity contribution in [2.45, 2.75) is 19.6 Å². The molecule has 0 aliphatic heterocycles. The van der Waals surface area contributed by atoms with Gasteiger partial charge in [0.15, 0.2) is 0 Å². The fourth-order valence-electron chi connectivity index (χ4n) is 2.80. The van der Waals surface area contributed by atoms with Crippen molar-refractivity contribution in [1.82, 2.24) is 15.0 Å². The number of carbonyl (C=O) groups is 3. The summed E-state index contributed by atoms with van der Waals surface area (Å²) in [6.45, 7) is -0.464. The second-order valence-electron chi connectivity index (χ2n) is 6.18. The Morgan fingerprint density at radius 1 is 1.13 bits per heavy atom. The van der Waals surface area contributed by atoms with Gasteiger partial charge < -0.3 is 19.9 Å². The van der Waals surface area contributed by atoms with Crippen molar-refractivity contribution in [1.29, 1.82) is 0 Å². The molecular formula is C19H18N4O7S. The molecule has 1 aromatic carbocycles. The topological polar surface area (TPSA) is 153 Å². The number of carbonyl (C=O) groups excluding carboxylic acids is 3. The molecule has 2 heterocycles. The Morgan fingerprint density at radius 3 is 2.55 bits per heavy atom. The first kappa shape index (κ1) is 21.9. The van der Waals surface area contributed by atoms with Crippen LogP contribution in [0.2, 0.25) is 0 Å². The zero-order chi connectivity index (χ0) is 22.5. The minimum atomic E-state index is -0.770. The highest BCUT2D eigenvalue weighted by Gasteiger charge is 2.28. The van der Waals surface area contributed by atoms with Crippen LogP contribution in [0.15, 0.2) is 29.1 Å². The van der Waals surface area contributed by atoms with Crippen molar-refractivity contribution in [2.75, 3.05) is 20.0 Å². The molecule has 0 bridgehead atoms. The van der Waals surface area contributed by atoms with Gasteiger partial charge in [-0.15, -0.1) is 16.4 Å². The van der Waals surface area contributed by atoms with Crippen LogP contribution in [0.5, 0.6) is 0 Å². The van der Waals surface area contributed by atoms with E-state index in [0.29, 0.717) is 10.9 Å². The van der Waals surface area contributed by atoms with E-state index in [2.05, 4.69) is 19.8 Å². The van der Waals surface area contributed by atoms with Crippen LogP contribution in [0.3, 0.4) is 0 Å². The largest absolute Gasteiger partial charge is 0.465 e. The lowest BCUT2D eigenvalue weighted by molar-refractivity contribution is -0.145. The Hall–Kier alpha value is -3.80. The van der Waals surface area contributed by atoms with Crippen molar-refractivity contribution >= 4 is 45.1 Å². The van der Waals surface area contributed by atoms with Gasteiger partial charge in [0.1, 0.15) is 27.6 Å². The second kappa shape index (κ2) is 9.34. The van der Waals surface area contributed by atoms with Crippen LogP contribution in [-0.4, -0.2) is 47.1 Å². The molecule has 0 atom stereocenters. The molecule has 0 saturated carbocycles. The Balaban J connectivity index is 1.73. The number of hydrogen-bond donors (Lipinski definition) is 1. The van der Waals surface area contributed by atoms with Gasteiger partial charge in [-0.25, -0.2) is 14.3 Å². The summed E-state index contributed by atoms with van der Waals surface area (Å²) in [5, 5.41) is 8.17. The number of benzene rings is 1. The van der Waals surface area contributed by atoms with Gasteiger partial charge in [0, 0.05) is 5.56 Å². The zero-order valence-corrected chi connectivity index (χ0v) is 17.4. The van der Waals surface area contributed by atoms with Crippen LogP contribution < -0.4 is 11.3 Å². The number of anilines is 1. The summed E-state index contributed by atoms with van der Waals surface area (Å²) in [6.07, 6.45) is -0.187. The summed E-state index contributed by atoms with van der Waals surface area (Å²) in [5.41, 5.74) is 5.93. The van der Waals surface area contributed by atoms with E-state index in [4.69, 9.17) is 10.5 Å². The van der Waals surface area contributed by atoms with E-state index in [9.17, 15) is 19.2 Å². The smallest absolute Gasteiger partial charge is 0.348 e. The molecule has 0 aliphatic carbocycles. The third-order valence-corrected chi connectivity index (χ3v) is 5.37. The SMILES string of the molecule is COC(=O)c1sc(N)c(C(=O)OC)c1COC(=O)CCn1nnc2ccccc2c1=O. The first-order valence-electron chi connectivity index (χ1n) is 8.93. The highest BCUT2D eigenvalue weighted by atomic mass is 32.1. The molecule has 0 aliphatic rings. The third-order valence-electron chi connectivity index (χ3n) is 4.33. The monoisotopic (exact) mass is 446 g/mol. The van der Waals surface area contributed by atoms with E-state index in [1.165, 1.54) is 7.11 Å². The number of rotatable bonds is 7. The number of hydrogen-bond acceptors (Lipinski definition) is 11. The quantitative estimate of drug-likeness (QED) is 0.413. The van der Waals surface area contributed by atoms with E-state index < -0.39 is 24.5 Å². The third kappa shape index (κ3) is 4.53. The molecule has 3 aromatic rings. The highest BCUT2D eigenvalue weighted by molar-refractivity contribution is 7.18. The van der Waals surface area contributed by atoms with E-state index in [0.717, 1.165) is 23.1 Å².